The molecule has 11 heteroatoms. The summed E-state index contributed by atoms with van der Waals surface area (Å²) in [5.41, 5.74) is 0.663. The van der Waals surface area contributed by atoms with Gasteiger partial charge in [-0.2, -0.15) is 0 Å². The first-order chi connectivity index (χ1) is 15.1. The number of sulfone groups is 2. The fourth-order valence-electron chi connectivity index (χ4n) is 4.45. The van der Waals surface area contributed by atoms with E-state index in [-0.39, 0.29) is 22.3 Å². The number of piperazine rings is 1. The minimum absolute atomic E-state index is 0.0922. The third-order valence-electron chi connectivity index (χ3n) is 6.17. The molecule has 1 aromatic carbocycles. The van der Waals surface area contributed by atoms with Gasteiger partial charge in [-0.3, -0.25) is 9.69 Å². The van der Waals surface area contributed by atoms with Crippen LogP contribution in [-0.4, -0.2) is 88.6 Å². The molecule has 9 nitrogen and oxygen atoms in total. The maximum atomic E-state index is 13.4. The lowest BCUT2D eigenvalue weighted by Gasteiger charge is -2.39. The van der Waals surface area contributed by atoms with Crippen LogP contribution in [0, 0.1) is 6.92 Å². The second-order valence-corrected chi connectivity index (χ2v) is 12.5. The summed E-state index contributed by atoms with van der Waals surface area (Å²) < 4.78 is 62.2. The monoisotopic (exact) mass is 482 g/mol. The molecule has 2 aliphatic heterocycles. The third kappa shape index (κ3) is 4.28. The van der Waals surface area contributed by atoms with Crippen molar-refractivity contribution in [1.29, 1.82) is 0 Å². The molecular weight excluding hydrogens is 456 g/mol. The van der Waals surface area contributed by atoms with Gasteiger partial charge in [-0.15, -0.1) is 0 Å². The normalized spacial score (nSPS) is 23.9. The van der Waals surface area contributed by atoms with Gasteiger partial charge < -0.3 is 14.1 Å². The van der Waals surface area contributed by atoms with Gasteiger partial charge >= 0.3 is 0 Å². The first kappa shape index (κ1) is 22.8. The van der Waals surface area contributed by atoms with Crippen LogP contribution in [0.1, 0.15) is 16.1 Å². The maximum absolute atomic E-state index is 13.4. The molecule has 0 bridgehead atoms. The molecule has 3 heterocycles. The van der Waals surface area contributed by atoms with Crippen molar-refractivity contribution >= 4 is 25.6 Å². The number of ether oxygens (including phenoxy) is 1. The average molecular weight is 483 g/mol. The Hall–Kier alpha value is -2.37. The van der Waals surface area contributed by atoms with Gasteiger partial charge in [-0.1, -0.05) is 0 Å². The van der Waals surface area contributed by atoms with E-state index in [1.165, 1.54) is 25.5 Å². The van der Waals surface area contributed by atoms with Crippen molar-refractivity contribution in [2.45, 2.75) is 23.1 Å². The van der Waals surface area contributed by atoms with Gasteiger partial charge in [-0.05, 0) is 42.8 Å². The largest absolute Gasteiger partial charge is 0.496 e. The third-order valence-corrected chi connectivity index (χ3v) is 10.3. The van der Waals surface area contributed by atoms with E-state index in [0.717, 1.165) is 0 Å². The van der Waals surface area contributed by atoms with Crippen LogP contribution in [0.3, 0.4) is 0 Å². The van der Waals surface area contributed by atoms with E-state index >= 15 is 0 Å². The molecule has 0 saturated carbocycles. The minimum atomic E-state index is -3.89. The molecule has 2 aliphatic rings. The smallest absolute Gasteiger partial charge is 0.289 e. The Morgan fingerprint density at radius 1 is 1.12 bits per heavy atom. The van der Waals surface area contributed by atoms with E-state index in [1.54, 1.807) is 30.0 Å². The minimum Gasteiger partial charge on any atom is -0.496 e. The fraction of sp³-hybridized carbons (Fsp3) is 0.476. The molecule has 0 aliphatic carbocycles. The van der Waals surface area contributed by atoms with Gasteiger partial charge in [0.25, 0.3) is 5.91 Å². The van der Waals surface area contributed by atoms with Crippen LogP contribution in [0.15, 0.2) is 45.9 Å². The molecule has 174 valence electrons. The van der Waals surface area contributed by atoms with Crippen LogP contribution >= 0.6 is 0 Å². The van der Waals surface area contributed by atoms with Crippen molar-refractivity contribution in [3.05, 3.63) is 47.9 Å². The summed E-state index contributed by atoms with van der Waals surface area (Å²) in [5, 5.41) is -1.06. The van der Waals surface area contributed by atoms with Crippen LogP contribution in [0.25, 0.3) is 0 Å². The first-order valence-corrected chi connectivity index (χ1v) is 13.6. The van der Waals surface area contributed by atoms with Gasteiger partial charge in [0.15, 0.2) is 25.4 Å². The molecule has 0 unspecified atom stereocenters. The van der Waals surface area contributed by atoms with E-state index in [9.17, 15) is 21.6 Å². The quantitative estimate of drug-likeness (QED) is 0.620. The van der Waals surface area contributed by atoms with Crippen molar-refractivity contribution in [3.8, 4) is 5.75 Å². The van der Waals surface area contributed by atoms with Crippen LogP contribution in [0.4, 0.5) is 0 Å². The SMILES string of the molecule is COc1ccc(S(=O)(=O)[C@H]2CS(=O)(=O)C[C@@H]2N2CCN(C(=O)c3ccco3)CC2)cc1C. The van der Waals surface area contributed by atoms with Gasteiger partial charge in [0.05, 0.1) is 35.0 Å². The van der Waals surface area contributed by atoms with Crippen molar-refractivity contribution in [3.63, 3.8) is 0 Å². The van der Waals surface area contributed by atoms with Gasteiger partial charge in [0, 0.05) is 32.2 Å². The summed E-state index contributed by atoms with van der Waals surface area (Å²) in [6, 6.07) is 7.15. The number of carbonyl (C=O) groups is 1. The van der Waals surface area contributed by atoms with Crippen LogP contribution < -0.4 is 4.74 Å². The lowest BCUT2D eigenvalue weighted by Crippen LogP contribution is -2.55. The topological polar surface area (TPSA) is 114 Å². The van der Waals surface area contributed by atoms with Crippen molar-refractivity contribution in [2.75, 3.05) is 44.8 Å². The standard InChI is InChI=1S/C21H26N2O7S2/c1-15-12-16(5-6-18(15)29-2)32(27,28)20-14-31(25,26)13-17(20)22-7-9-23(10-8-22)21(24)19-4-3-11-30-19/h3-6,11-12,17,20H,7-10,13-14H2,1-2H3/t17-,20-/m0/s1. The zero-order valence-electron chi connectivity index (χ0n) is 17.9. The molecule has 1 aromatic heterocycles. The van der Waals surface area contributed by atoms with E-state index in [4.69, 9.17) is 9.15 Å². The summed E-state index contributed by atoms with van der Waals surface area (Å²) in [6.45, 7) is 3.26. The van der Waals surface area contributed by atoms with Gasteiger partial charge in [0.1, 0.15) is 5.75 Å². The van der Waals surface area contributed by atoms with E-state index < -0.39 is 36.7 Å². The zero-order chi connectivity index (χ0) is 23.1. The number of rotatable bonds is 5. The summed E-state index contributed by atoms with van der Waals surface area (Å²) in [6.07, 6.45) is 1.43. The molecule has 1 amide bonds. The lowest BCUT2D eigenvalue weighted by molar-refractivity contribution is 0.0560. The number of furan rings is 1. The summed E-state index contributed by atoms with van der Waals surface area (Å²) in [5.74, 6) is -0.0323. The number of nitrogens with zero attached hydrogens (tertiary/aromatic N) is 2. The predicted octanol–water partition coefficient (Wildman–Crippen LogP) is 0.994. The highest BCUT2D eigenvalue weighted by Crippen LogP contribution is 2.31. The van der Waals surface area contributed by atoms with Crippen LogP contribution in [0.5, 0.6) is 5.75 Å². The lowest BCUT2D eigenvalue weighted by atomic mass is 10.2. The molecule has 2 saturated heterocycles. The van der Waals surface area contributed by atoms with Gasteiger partial charge in [-0.25, -0.2) is 16.8 Å². The molecule has 0 radical (unpaired) electrons. The molecule has 0 N–H and O–H groups in total. The Labute approximate surface area is 187 Å². The highest BCUT2D eigenvalue weighted by Gasteiger charge is 2.48. The molecule has 0 spiro atoms. The highest BCUT2D eigenvalue weighted by molar-refractivity contribution is 7.96. The van der Waals surface area contributed by atoms with Crippen molar-refractivity contribution in [2.24, 2.45) is 0 Å². The Balaban J connectivity index is 1.54. The maximum Gasteiger partial charge on any atom is 0.289 e. The zero-order valence-corrected chi connectivity index (χ0v) is 19.6. The number of benzene rings is 1. The van der Waals surface area contributed by atoms with E-state index in [1.807, 2.05) is 4.90 Å². The van der Waals surface area contributed by atoms with Crippen LogP contribution in [0.2, 0.25) is 0 Å². The number of methoxy groups -OCH3 is 1. The molecule has 4 rings (SSSR count). The number of aryl methyl sites for hydroxylation is 1. The Morgan fingerprint density at radius 2 is 1.84 bits per heavy atom. The van der Waals surface area contributed by atoms with E-state index in [2.05, 4.69) is 0 Å². The average Bonchev–Trinajstić information content (AvgIpc) is 3.41. The highest BCUT2D eigenvalue weighted by atomic mass is 32.2. The van der Waals surface area contributed by atoms with E-state index in [0.29, 0.717) is 37.5 Å². The van der Waals surface area contributed by atoms with Crippen LogP contribution in [-0.2, 0) is 19.7 Å². The molecular formula is C21H26N2O7S2. The Kier molecular flexibility index (Phi) is 6.08. The molecule has 2 aromatic rings. The first-order valence-electron chi connectivity index (χ1n) is 10.3. The Morgan fingerprint density at radius 3 is 2.44 bits per heavy atom. The van der Waals surface area contributed by atoms with Crippen molar-refractivity contribution < 1.29 is 30.8 Å². The summed E-state index contributed by atoms with van der Waals surface area (Å²) in [7, 11) is -5.90. The predicted molar refractivity (Wildman–Crippen MR) is 117 cm³/mol. The van der Waals surface area contributed by atoms with Crippen molar-refractivity contribution in [1.82, 2.24) is 9.80 Å². The molecule has 32 heavy (non-hydrogen) atoms. The Bertz CT molecular complexity index is 1200. The second-order valence-electron chi connectivity index (χ2n) is 8.16. The second kappa shape index (κ2) is 8.53. The number of hydrogen-bond donors (Lipinski definition) is 0. The number of hydrogen-bond acceptors (Lipinski definition) is 8. The molecule has 2 fully saturated rings. The number of carbonyl (C=O) groups excluding carboxylic acids is 1. The molecule has 2 atom stereocenters. The summed E-state index contributed by atoms with van der Waals surface area (Å²) >= 11 is 0. The van der Waals surface area contributed by atoms with Gasteiger partial charge in [0.2, 0.25) is 0 Å². The number of amides is 1. The summed E-state index contributed by atoms with van der Waals surface area (Å²) in [4.78, 5) is 16.1. The fourth-order valence-corrected chi connectivity index (χ4v) is 9.36.